The van der Waals surface area contributed by atoms with E-state index in [4.69, 9.17) is 0 Å². The van der Waals surface area contributed by atoms with Crippen molar-refractivity contribution in [2.24, 2.45) is 0 Å². The molecule has 0 amide bonds. The molecule has 0 saturated carbocycles. The van der Waals surface area contributed by atoms with Crippen molar-refractivity contribution >= 4 is 9.52 Å². The summed E-state index contributed by atoms with van der Waals surface area (Å²) in [5.41, 5.74) is 0. The molecule has 1 heterocycles. The Morgan fingerprint density at radius 1 is 1.60 bits per heavy atom. The molecular formula is C6H13N3Si. The first-order valence-corrected chi connectivity index (χ1v) is 6.19. The molecular weight excluding hydrogens is 142 g/mol. The minimum absolute atomic E-state index is 0.253. The van der Waals surface area contributed by atoms with Crippen molar-refractivity contribution in [3.8, 4) is 0 Å². The van der Waals surface area contributed by atoms with E-state index in [0.717, 1.165) is 6.54 Å². The summed E-state index contributed by atoms with van der Waals surface area (Å²) in [5, 5.41) is 7.60. The average Bonchev–Trinajstić information content (AvgIpc) is 2.41. The van der Waals surface area contributed by atoms with Gasteiger partial charge in [0.25, 0.3) is 0 Å². The van der Waals surface area contributed by atoms with Gasteiger partial charge in [0, 0.05) is 22.3 Å². The van der Waals surface area contributed by atoms with E-state index in [9.17, 15) is 0 Å². The first-order valence-electron chi connectivity index (χ1n) is 3.77. The number of nitrogens with zero attached hydrogens (tertiary/aromatic N) is 3. The molecule has 56 valence electrons. The normalized spacial score (nSPS) is 11.3. The van der Waals surface area contributed by atoms with Gasteiger partial charge >= 0.3 is 0 Å². The lowest BCUT2D eigenvalue weighted by Crippen LogP contribution is -1.99. The van der Waals surface area contributed by atoms with Crippen LogP contribution in [0, 0.1) is 0 Å². The molecule has 1 aromatic heterocycles. The van der Waals surface area contributed by atoms with Gasteiger partial charge in [-0.2, -0.15) is 0 Å². The maximum absolute atomic E-state index is 3.87. The van der Waals surface area contributed by atoms with Gasteiger partial charge in [0.2, 0.25) is 0 Å². The molecule has 0 atom stereocenters. The van der Waals surface area contributed by atoms with E-state index < -0.39 is 0 Å². The molecule has 0 aromatic carbocycles. The van der Waals surface area contributed by atoms with Crippen LogP contribution in [0.15, 0.2) is 12.4 Å². The van der Waals surface area contributed by atoms with Crippen molar-refractivity contribution in [3.05, 3.63) is 12.4 Å². The molecule has 0 fully saturated rings. The zero-order valence-electron chi connectivity index (χ0n) is 6.32. The molecule has 0 aliphatic heterocycles. The van der Waals surface area contributed by atoms with Crippen molar-refractivity contribution in [3.63, 3.8) is 0 Å². The van der Waals surface area contributed by atoms with Gasteiger partial charge in [-0.3, -0.25) is 4.68 Å². The third-order valence-corrected chi connectivity index (χ3v) is 2.67. The van der Waals surface area contributed by atoms with Crippen LogP contribution in [-0.4, -0.2) is 24.5 Å². The molecule has 0 aliphatic rings. The summed E-state index contributed by atoms with van der Waals surface area (Å²) >= 11 is 0. The lowest BCUT2D eigenvalue weighted by Gasteiger charge is -1.96. The minimum Gasteiger partial charge on any atom is -0.253 e. The summed E-state index contributed by atoms with van der Waals surface area (Å²) in [4.78, 5) is 0. The van der Waals surface area contributed by atoms with Crippen LogP contribution < -0.4 is 0 Å². The fraction of sp³-hybridized carbons (Fsp3) is 0.667. The molecule has 3 nitrogen and oxygen atoms in total. The Morgan fingerprint density at radius 3 is 3.10 bits per heavy atom. The van der Waals surface area contributed by atoms with E-state index >= 15 is 0 Å². The number of aromatic nitrogens is 3. The highest BCUT2D eigenvalue weighted by molar-refractivity contribution is 6.33. The Morgan fingerprint density at radius 2 is 2.50 bits per heavy atom. The molecule has 0 saturated heterocycles. The van der Waals surface area contributed by atoms with Crippen molar-refractivity contribution in [1.82, 2.24) is 15.0 Å². The molecule has 0 spiro atoms. The van der Waals surface area contributed by atoms with E-state index in [-0.39, 0.29) is 9.52 Å². The Labute approximate surface area is 63.3 Å². The second-order valence-corrected chi connectivity index (χ2v) is 4.08. The summed E-state index contributed by atoms with van der Waals surface area (Å²) in [5.74, 6) is 0. The van der Waals surface area contributed by atoms with Crippen LogP contribution in [-0.2, 0) is 6.54 Å². The van der Waals surface area contributed by atoms with Gasteiger partial charge < -0.3 is 0 Å². The number of aryl methyl sites for hydroxylation is 1. The summed E-state index contributed by atoms with van der Waals surface area (Å²) in [6.45, 7) is 3.38. The maximum atomic E-state index is 3.87. The average molecular weight is 155 g/mol. The molecule has 10 heavy (non-hydrogen) atoms. The Balaban J connectivity index is 2.15. The summed E-state index contributed by atoms with van der Waals surface area (Å²) in [6, 6.07) is 1.42. The molecule has 0 radical (unpaired) electrons. The van der Waals surface area contributed by atoms with E-state index in [0.29, 0.717) is 0 Å². The SMILES string of the molecule is C[SiH2]CCCn1ccnn1. The molecule has 0 aliphatic carbocycles. The van der Waals surface area contributed by atoms with Crippen molar-refractivity contribution < 1.29 is 0 Å². The van der Waals surface area contributed by atoms with Crippen LogP contribution >= 0.6 is 0 Å². The summed E-state index contributed by atoms with van der Waals surface area (Å²) in [7, 11) is 0.253. The van der Waals surface area contributed by atoms with Gasteiger partial charge in [-0.15, -0.1) is 5.10 Å². The first kappa shape index (κ1) is 7.46. The van der Waals surface area contributed by atoms with Crippen molar-refractivity contribution in [1.29, 1.82) is 0 Å². The van der Waals surface area contributed by atoms with Gasteiger partial charge in [0.15, 0.2) is 0 Å². The molecule has 0 unspecified atom stereocenters. The topological polar surface area (TPSA) is 30.7 Å². The molecule has 0 bridgehead atoms. The third kappa shape index (κ3) is 2.30. The summed E-state index contributed by atoms with van der Waals surface area (Å²) < 4.78 is 1.89. The highest BCUT2D eigenvalue weighted by atomic mass is 28.2. The Hall–Kier alpha value is -0.643. The van der Waals surface area contributed by atoms with Crippen LogP contribution in [0.5, 0.6) is 0 Å². The number of hydrogen-bond donors (Lipinski definition) is 0. The van der Waals surface area contributed by atoms with E-state index in [2.05, 4.69) is 16.9 Å². The van der Waals surface area contributed by atoms with Gasteiger partial charge in [-0.1, -0.05) is 17.8 Å². The van der Waals surface area contributed by atoms with Crippen LogP contribution in [0.2, 0.25) is 12.6 Å². The van der Waals surface area contributed by atoms with E-state index in [1.807, 2.05) is 10.9 Å². The number of hydrogen-bond acceptors (Lipinski definition) is 2. The monoisotopic (exact) mass is 155 g/mol. The lowest BCUT2D eigenvalue weighted by atomic mass is 10.5. The smallest absolute Gasteiger partial charge is 0.0692 e. The summed E-state index contributed by atoms with van der Waals surface area (Å²) in [6.07, 6.45) is 4.91. The molecule has 1 rings (SSSR count). The zero-order valence-corrected chi connectivity index (χ0v) is 7.74. The van der Waals surface area contributed by atoms with Crippen molar-refractivity contribution in [2.45, 2.75) is 25.6 Å². The van der Waals surface area contributed by atoms with E-state index in [1.165, 1.54) is 12.5 Å². The van der Waals surface area contributed by atoms with E-state index in [1.54, 1.807) is 6.20 Å². The van der Waals surface area contributed by atoms with Gasteiger partial charge in [0.05, 0.1) is 6.20 Å². The Kier molecular flexibility index (Phi) is 3.15. The maximum Gasteiger partial charge on any atom is 0.0692 e. The predicted octanol–water partition coefficient (Wildman–Crippen LogP) is 0.303. The van der Waals surface area contributed by atoms with Crippen LogP contribution in [0.25, 0.3) is 0 Å². The van der Waals surface area contributed by atoms with Gasteiger partial charge in [0.1, 0.15) is 0 Å². The quantitative estimate of drug-likeness (QED) is 0.462. The fourth-order valence-electron chi connectivity index (χ4n) is 0.876. The molecule has 1 aromatic rings. The molecule has 0 N–H and O–H groups in total. The highest BCUT2D eigenvalue weighted by Gasteiger charge is 1.89. The fourth-order valence-corrected chi connectivity index (χ4v) is 1.60. The minimum atomic E-state index is 0.253. The van der Waals surface area contributed by atoms with Gasteiger partial charge in [-0.25, -0.2) is 0 Å². The standard InChI is InChI=1S/C6H13N3Si/c1-10-6-2-4-9-5-3-7-8-9/h3,5H,2,4,6,10H2,1H3. The first-order chi connectivity index (χ1) is 4.93. The van der Waals surface area contributed by atoms with Crippen molar-refractivity contribution in [2.75, 3.05) is 0 Å². The van der Waals surface area contributed by atoms with Gasteiger partial charge in [-0.05, 0) is 6.42 Å². The zero-order chi connectivity index (χ0) is 7.23. The Bertz CT molecular complexity index is 162. The molecule has 4 heteroatoms. The van der Waals surface area contributed by atoms with Crippen LogP contribution in [0.1, 0.15) is 6.42 Å². The van der Waals surface area contributed by atoms with Crippen LogP contribution in [0.3, 0.4) is 0 Å². The number of rotatable bonds is 4. The lowest BCUT2D eigenvalue weighted by molar-refractivity contribution is 0.578. The second-order valence-electron chi connectivity index (χ2n) is 2.37. The predicted molar refractivity (Wildman–Crippen MR) is 43.9 cm³/mol. The highest BCUT2D eigenvalue weighted by Crippen LogP contribution is 1.91. The largest absolute Gasteiger partial charge is 0.253 e. The second kappa shape index (κ2) is 4.22. The van der Waals surface area contributed by atoms with Crippen LogP contribution in [0.4, 0.5) is 0 Å². The third-order valence-electron chi connectivity index (χ3n) is 1.46.